The predicted molar refractivity (Wildman–Crippen MR) is 104 cm³/mol. The summed E-state index contributed by atoms with van der Waals surface area (Å²) < 4.78 is 7.50. The highest BCUT2D eigenvalue weighted by atomic mass is 16.5. The largest absolute Gasteiger partial charge is 0.373 e. The summed E-state index contributed by atoms with van der Waals surface area (Å²) in [7, 11) is 0. The molecule has 0 radical (unpaired) electrons. The van der Waals surface area contributed by atoms with Crippen molar-refractivity contribution in [3.63, 3.8) is 0 Å². The van der Waals surface area contributed by atoms with Gasteiger partial charge in [0.2, 0.25) is 0 Å². The molecule has 0 spiro atoms. The summed E-state index contributed by atoms with van der Waals surface area (Å²) in [6.45, 7) is 9.76. The van der Waals surface area contributed by atoms with E-state index < -0.39 is 0 Å². The number of amides is 1. The highest BCUT2D eigenvalue weighted by molar-refractivity contribution is 5.95. The lowest BCUT2D eigenvalue weighted by Gasteiger charge is -2.35. The molecular weight excluding hydrogens is 342 g/mol. The smallest absolute Gasteiger partial charge is 0.254 e. The van der Waals surface area contributed by atoms with E-state index in [9.17, 15) is 4.79 Å². The van der Waals surface area contributed by atoms with Gasteiger partial charge in [-0.25, -0.2) is 9.67 Å². The predicted octanol–water partition coefficient (Wildman–Crippen LogP) is 2.06. The summed E-state index contributed by atoms with van der Waals surface area (Å²) in [5.41, 5.74) is 1.50. The van der Waals surface area contributed by atoms with Crippen molar-refractivity contribution in [1.29, 1.82) is 0 Å². The van der Waals surface area contributed by atoms with Gasteiger partial charge >= 0.3 is 0 Å². The van der Waals surface area contributed by atoms with Gasteiger partial charge < -0.3 is 10.1 Å². The number of pyridine rings is 1. The van der Waals surface area contributed by atoms with Crippen molar-refractivity contribution in [1.82, 2.24) is 25.0 Å². The third-order valence-electron chi connectivity index (χ3n) is 4.75. The lowest BCUT2D eigenvalue weighted by atomic mass is 10.2. The van der Waals surface area contributed by atoms with Crippen LogP contribution < -0.4 is 5.32 Å². The van der Waals surface area contributed by atoms with E-state index in [1.807, 2.05) is 25.1 Å². The van der Waals surface area contributed by atoms with E-state index in [-0.39, 0.29) is 18.1 Å². The van der Waals surface area contributed by atoms with E-state index in [2.05, 4.69) is 34.1 Å². The summed E-state index contributed by atoms with van der Waals surface area (Å²) in [4.78, 5) is 19.3. The number of aromatic nitrogens is 3. The fourth-order valence-electron chi connectivity index (χ4n) is 3.65. The number of nitrogens with zero attached hydrogens (tertiary/aromatic N) is 4. The highest BCUT2D eigenvalue weighted by Gasteiger charge is 2.22. The maximum absolute atomic E-state index is 12.6. The molecule has 1 aliphatic heterocycles. The number of hydrogen-bond acceptors (Lipinski definition) is 5. The molecule has 3 heterocycles. The van der Waals surface area contributed by atoms with Gasteiger partial charge in [-0.2, -0.15) is 5.10 Å². The van der Waals surface area contributed by atoms with E-state index >= 15 is 0 Å². The minimum absolute atomic E-state index is 0.0715. The first-order valence-electron chi connectivity index (χ1n) is 9.72. The molecule has 3 rings (SSSR count). The topological polar surface area (TPSA) is 72.3 Å². The summed E-state index contributed by atoms with van der Waals surface area (Å²) in [5, 5.41) is 7.40. The van der Waals surface area contributed by atoms with Gasteiger partial charge in [-0.3, -0.25) is 9.69 Å². The maximum Gasteiger partial charge on any atom is 0.254 e. The Morgan fingerprint density at radius 2 is 2.07 bits per heavy atom. The van der Waals surface area contributed by atoms with E-state index in [0.717, 1.165) is 37.6 Å². The van der Waals surface area contributed by atoms with E-state index in [1.165, 1.54) is 0 Å². The molecule has 7 nitrogen and oxygen atoms in total. The quantitative estimate of drug-likeness (QED) is 0.754. The van der Waals surface area contributed by atoms with Gasteiger partial charge in [-0.05, 0) is 38.8 Å². The first-order chi connectivity index (χ1) is 13.1. The number of carbonyl (C=O) groups is 1. The number of rotatable bonds is 7. The van der Waals surface area contributed by atoms with Crippen LogP contribution in [0.25, 0.3) is 5.82 Å². The van der Waals surface area contributed by atoms with Crippen LogP contribution in [0.3, 0.4) is 0 Å². The average Bonchev–Trinajstić information content (AvgIpc) is 3.09. The number of hydrogen-bond donors (Lipinski definition) is 1. The number of nitrogens with one attached hydrogen (secondary N) is 1. The lowest BCUT2D eigenvalue weighted by molar-refractivity contribution is -0.0679. The first-order valence-corrected chi connectivity index (χ1v) is 9.72. The second kappa shape index (κ2) is 9.10. The zero-order valence-electron chi connectivity index (χ0n) is 16.4. The monoisotopic (exact) mass is 371 g/mol. The van der Waals surface area contributed by atoms with Crippen molar-refractivity contribution < 1.29 is 9.53 Å². The van der Waals surface area contributed by atoms with Crippen LogP contribution in [0.15, 0.2) is 30.6 Å². The summed E-state index contributed by atoms with van der Waals surface area (Å²) in [6, 6.07) is 5.66. The normalized spacial score (nSPS) is 20.6. The van der Waals surface area contributed by atoms with Crippen LogP contribution in [0.4, 0.5) is 0 Å². The number of morpholine rings is 1. The molecule has 27 heavy (non-hydrogen) atoms. The van der Waals surface area contributed by atoms with Crippen molar-refractivity contribution in [2.75, 3.05) is 26.2 Å². The van der Waals surface area contributed by atoms with Gasteiger partial charge in [-0.15, -0.1) is 0 Å². The number of carbonyl (C=O) groups excluding carboxylic acids is 1. The highest BCUT2D eigenvalue weighted by Crippen LogP contribution is 2.14. The van der Waals surface area contributed by atoms with E-state index in [1.54, 1.807) is 17.1 Å². The zero-order chi connectivity index (χ0) is 19.2. The Morgan fingerprint density at radius 1 is 1.30 bits per heavy atom. The van der Waals surface area contributed by atoms with Gasteiger partial charge in [0, 0.05) is 32.4 Å². The van der Waals surface area contributed by atoms with Gasteiger partial charge in [0.1, 0.15) is 0 Å². The molecule has 7 heteroatoms. The van der Waals surface area contributed by atoms with Gasteiger partial charge in [-0.1, -0.05) is 13.0 Å². The Labute approximate surface area is 160 Å². The van der Waals surface area contributed by atoms with Gasteiger partial charge in [0.15, 0.2) is 5.82 Å². The lowest BCUT2D eigenvalue weighted by Crippen LogP contribution is -2.46. The van der Waals surface area contributed by atoms with Crippen molar-refractivity contribution >= 4 is 5.91 Å². The Bertz CT molecular complexity index is 736. The molecule has 1 N–H and O–H groups in total. The molecule has 1 amide bonds. The molecule has 0 aromatic carbocycles. The Kier molecular flexibility index (Phi) is 6.58. The minimum Gasteiger partial charge on any atom is -0.373 e. The van der Waals surface area contributed by atoms with Crippen LogP contribution in [0.1, 0.15) is 43.2 Å². The molecule has 0 aliphatic carbocycles. The van der Waals surface area contributed by atoms with E-state index in [0.29, 0.717) is 18.5 Å². The third kappa shape index (κ3) is 4.93. The maximum atomic E-state index is 12.6. The Balaban J connectivity index is 1.53. The summed E-state index contributed by atoms with van der Waals surface area (Å²) in [5.74, 6) is 0.654. The second-order valence-corrected chi connectivity index (χ2v) is 7.08. The molecule has 0 bridgehead atoms. The van der Waals surface area contributed by atoms with Crippen molar-refractivity contribution in [2.24, 2.45) is 0 Å². The van der Waals surface area contributed by atoms with Crippen molar-refractivity contribution in [2.45, 2.75) is 45.8 Å². The first kappa shape index (κ1) is 19.5. The molecule has 1 fully saturated rings. The fourth-order valence-corrected chi connectivity index (χ4v) is 3.65. The fraction of sp³-hybridized carbons (Fsp3) is 0.550. The van der Waals surface area contributed by atoms with E-state index in [4.69, 9.17) is 4.74 Å². The Morgan fingerprint density at radius 3 is 2.74 bits per heavy atom. The van der Waals surface area contributed by atoms with Crippen molar-refractivity contribution in [3.8, 4) is 5.82 Å². The van der Waals surface area contributed by atoms with Crippen LogP contribution in [-0.2, 0) is 11.2 Å². The third-order valence-corrected chi connectivity index (χ3v) is 4.75. The Hall–Kier alpha value is -2.25. The zero-order valence-corrected chi connectivity index (χ0v) is 16.4. The van der Waals surface area contributed by atoms with Crippen molar-refractivity contribution in [3.05, 3.63) is 41.9 Å². The van der Waals surface area contributed by atoms with Crippen LogP contribution >= 0.6 is 0 Å². The molecule has 1 aliphatic rings. The molecular formula is C20H29N5O2. The summed E-state index contributed by atoms with van der Waals surface area (Å²) >= 11 is 0. The molecule has 2 unspecified atom stereocenters. The molecule has 146 valence electrons. The minimum atomic E-state index is -0.0715. The molecule has 1 saturated heterocycles. The molecule has 2 atom stereocenters. The average molecular weight is 371 g/mol. The molecule has 0 saturated carbocycles. The van der Waals surface area contributed by atoms with Gasteiger partial charge in [0.05, 0.1) is 29.7 Å². The van der Waals surface area contributed by atoms with Crippen LogP contribution in [0.5, 0.6) is 0 Å². The SMILES string of the molecule is CCc1c(C(=O)NCCCN2CC(C)OC(C)C2)cnn1-c1ccccn1. The number of ether oxygens (including phenoxy) is 1. The summed E-state index contributed by atoms with van der Waals surface area (Å²) in [6.07, 6.45) is 5.53. The van der Waals surface area contributed by atoms with Gasteiger partial charge in [0.25, 0.3) is 5.91 Å². The van der Waals surface area contributed by atoms with Crippen LogP contribution in [0, 0.1) is 0 Å². The second-order valence-electron chi connectivity index (χ2n) is 7.08. The standard InChI is InChI=1S/C20H29N5O2/c1-4-18-17(12-23-25(18)19-8-5-6-9-21-19)20(26)22-10-7-11-24-13-15(2)27-16(3)14-24/h5-6,8-9,12,15-16H,4,7,10-11,13-14H2,1-3H3,(H,22,26). The van der Waals surface area contributed by atoms with Crippen LogP contribution in [0.2, 0.25) is 0 Å². The molecule has 2 aromatic heterocycles. The molecule has 2 aromatic rings. The van der Waals surface area contributed by atoms with Crippen LogP contribution in [-0.4, -0.2) is 64.0 Å².